The number of hydrogen-bond acceptors (Lipinski definition) is 6. The number of fused-ring (bicyclic) bond motifs is 1. The van der Waals surface area contributed by atoms with Crippen molar-refractivity contribution in [3.8, 4) is 11.5 Å². The Labute approximate surface area is 160 Å². The summed E-state index contributed by atoms with van der Waals surface area (Å²) in [6.07, 6.45) is 0. The fraction of sp³-hybridized carbons (Fsp3) is 0.263. The van der Waals surface area contributed by atoms with Gasteiger partial charge in [0.05, 0.1) is 34.9 Å². The number of thiazole rings is 1. The number of hydrogen-bond donors (Lipinski definition) is 1. The van der Waals surface area contributed by atoms with Gasteiger partial charge in [-0.2, -0.15) is 0 Å². The Morgan fingerprint density at radius 1 is 1.15 bits per heavy atom. The zero-order valence-electron chi connectivity index (χ0n) is 14.7. The largest absolute Gasteiger partial charge is 0.494 e. The van der Waals surface area contributed by atoms with E-state index in [1.54, 1.807) is 17.4 Å². The maximum absolute atomic E-state index is 12.4. The molecule has 0 saturated heterocycles. The Kier molecular flexibility index (Phi) is 6.35. The molecule has 0 aliphatic heterocycles. The smallest absolute Gasteiger partial charge is 0.234 e. The van der Waals surface area contributed by atoms with E-state index in [0.29, 0.717) is 30.4 Å². The summed E-state index contributed by atoms with van der Waals surface area (Å²) in [6.45, 7) is 4.92. The third-order valence-electron chi connectivity index (χ3n) is 3.44. The molecule has 1 N–H and O–H groups in total. The maximum atomic E-state index is 12.4. The number of benzene rings is 2. The Balaban J connectivity index is 1.65. The van der Waals surface area contributed by atoms with Crippen molar-refractivity contribution in [3.05, 3.63) is 42.5 Å². The number of nitrogens with one attached hydrogen (secondary N) is 1. The van der Waals surface area contributed by atoms with E-state index >= 15 is 0 Å². The van der Waals surface area contributed by atoms with Crippen LogP contribution in [0, 0.1) is 0 Å². The number of amides is 1. The summed E-state index contributed by atoms with van der Waals surface area (Å²) in [4.78, 5) is 16.9. The van der Waals surface area contributed by atoms with Gasteiger partial charge in [-0.15, -0.1) is 11.3 Å². The highest BCUT2D eigenvalue weighted by Gasteiger charge is 2.12. The van der Waals surface area contributed by atoms with E-state index in [-0.39, 0.29) is 11.7 Å². The minimum Gasteiger partial charge on any atom is -0.494 e. The van der Waals surface area contributed by atoms with Crippen molar-refractivity contribution in [2.75, 3.05) is 24.3 Å². The van der Waals surface area contributed by atoms with E-state index in [1.165, 1.54) is 11.8 Å². The fourth-order valence-corrected chi connectivity index (χ4v) is 4.24. The van der Waals surface area contributed by atoms with Crippen molar-refractivity contribution in [1.82, 2.24) is 4.98 Å². The summed E-state index contributed by atoms with van der Waals surface area (Å²) in [6, 6.07) is 13.4. The number of ether oxygens (including phenoxy) is 2. The second kappa shape index (κ2) is 8.91. The molecular formula is C19H20N2O3S2. The predicted molar refractivity (Wildman–Crippen MR) is 108 cm³/mol. The molecule has 1 aromatic heterocycles. The molecule has 0 unspecified atom stereocenters. The van der Waals surface area contributed by atoms with Crippen LogP contribution in [0.3, 0.4) is 0 Å². The van der Waals surface area contributed by atoms with Crippen molar-refractivity contribution in [2.45, 2.75) is 18.2 Å². The van der Waals surface area contributed by atoms with Crippen LogP contribution < -0.4 is 14.8 Å². The van der Waals surface area contributed by atoms with Crippen LogP contribution in [-0.4, -0.2) is 29.9 Å². The Morgan fingerprint density at radius 3 is 2.73 bits per heavy atom. The van der Waals surface area contributed by atoms with Crippen LogP contribution >= 0.6 is 23.1 Å². The number of thioether (sulfide) groups is 1. The lowest BCUT2D eigenvalue weighted by Gasteiger charge is -2.13. The molecule has 0 fully saturated rings. The van der Waals surface area contributed by atoms with Crippen molar-refractivity contribution in [3.63, 3.8) is 0 Å². The minimum atomic E-state index is -0.108. The van der Waals surface area contributed by atoms with E-state index in [4.69, 9.17) is 9.47 Å². The molecule has 0 radical (unpaired) electrons. The molecule has 3 rings (SSSR count). The number of rotatable bonds is 8. The number of nitrogens with zero attached hydrogens (tertiary/aromatic N) is 1. The third kappa shape index (κ3) is 4.68. The number of para-hydroxylation sites is 1. The van der Waals surface area contributed by atoms with Crippen LogP contribution in [0.4, 0.5) is 5.69 Å². The lowest BCUT2D eigenvalue weighted by atomic mass is 10.2. The van der Waals surface area contributed by atoms with Gasteiger partial charge in [0.2, 0.25) is 5.91 Å². The van der Waals surface area contributed by atoms with Gasteiger partial charge in [0, 0.05) is 6.07 Å². The summed E-state index contributed by atoms with van der Waals surface area (Å²) >= 11 is 3.02. The lowest BCUT2D eigenvalue weighted by Crippen LogP contribution is -2.15. The normalized spacial score (nSPS) is 10.7. The molecule has 5 nitrogen and oxygen atoms in total. The van der Waals surface area contributed by atoms with Gasteiger partial charge in [-0.3, -0.25) is 4.79 Å². The molecule has 0 aliphatic rings. The summed E-state index contributed by atoms with van der Waals surface area (Å²) in [7, 11) is 0. The highest BCUT2D eigenvalue weighted by molar-refractivity contribution is 8.01. The Bertz CT molecular complexity index is 862. The average molecular weight is 389 g/mol. The van der Waals surface area contributed by atoms with Crippen LogP contribution in [0.1, 0.15) is 13.8 Å². The first kappa shape index (κ1) is 18.5. The highest BCUT2D eigenvalue weighted by Crippen LogP contribution is 2.31. The van der Waals surface area contributed by atoms with E-state index < -0.39 is 0 Å². The van der Waals surface area contributed by atoms with Gasteiger partial charge >= 0.3 is 0 Å². The van der Waals surface area contributed by atoms with E-state index in [0.717, 1.165) is 14.6 Å². The second-order valence-electron chi connectivity index (χ2n) is 5.31. The zero-order chi connectivity index (χ0) is 18.4. The topological polar surface area (TPSA) is 60.5 Å². The predicted octanol–water partition coefficient (Wildman–Crippen LogP) is 4.82. The molecule has 2 aromatic carbocycles. The van der Waals surface area contributed by atoms with Gasteiger partial charge in [0.25, 0.3) is 0 Å². The fourth-order valence-electron chi connectivity index (χ4n) is 2.37. The van der Waals surface area contributed by atoms with E-state index in [1.807, 2.05) is 50.2 Å². The number of carbonyl (C=O) groups is 1. The van der Waals surface area contributed by atoms with Crippen LogP contribution in [0.25, 0.3) is 10.2 Å². The second-order valence-corrected chi connectivity index (χ2v) is 7.56. The summed E-state index contributed by atoms with van der Waals surface area (Å²) in [5.41, 5.74) is 1.58. The molecule has 0 bridgehead atoms. The van der Waals surface area contributed by atoms with Crippen molar-refractivity contribution < 1.29 is 14.3 Å². The standard InChI is InChI=1S/C19H20N2O3S2/c1-3-23-13-9-10-16(24-4-2)15(11-13)20-18(22)12-25-19-21-14-7-5-6-8-17(14)26-19/h5-11H,3-4,12H2,1-2H3,(H,20,22). The molecule has 1 heterocycles. The summed E-state index contributed by atoms with van der Waals surface area (Å²) < 4.78 is 13.1. The van der Waals surface area contributed by atoms with Gasteiger partial charge in [0.1, 0.15) is 11.5 Å². The monoisotopic (exact) mass is 388 g/mol. The molecular weight excluding hydrogens is 368 g/mol. The number of aromatic nitrogens is 1. The van der Waals surface area contributed by atoms with Gasteiger partial charge in [0.15, 0.2) is 4.34 Å². The molecule has 3 aromatic rings. The number of anilines is 1. The number of carbonyl (C=O) groups excluding carboxylic acids is 1. The van der Waals surface area contributed by atoms with E-state index in [9.17, 15) is 4.79 Å². The lowest BCUT2D eigenvalue weighted by molar-refractivity contribution is -0.113. The van der Waals surface area contributed by atoms with Crippen LogP contribution in [0.15, 0.2) is 46.8 Å². The van der Waals surface area contributed by atoms with Crippen LogP contribution in [0.5, 0.6) is 11.5 Å². The third-order valence-corrected chi connectivity index (χ3v) is 5.62. The molecule has 0 atom stereocenters. The van der Waals surface area contributed by atoms with Gasteiger partial charge in [-0.1, -0.05) is 23.9 Å². The Morgan fingerprint density at radius 2 is 1.96 bits per heavy atom. The van der Waals surface area contributed by atoms with Crippen LogP contribution in [-0.2, 0) is 4.79 Å². The van der Waals surface area contributed by atoms with Crippen molar-refractivity contribution in [1.29, 1.82) is 0 Å². The minimum absolute atomic E-state index is 0.108. The average Bonchev–Trinajstić information content (AvgIpc) is 3.05. The first-order valence-corrected chi connectivity index (χ1v) is 10.2. The van der Waals surface area contributed by atoms with Gasteiger partial charge < -0.3 is 14.8 Å². The molecule has 1 amide bonds. The van der Waals surface area contributed by atoms with Gasteiger partial charge in [-0.05, 0) is 38.1 Å². The summed E-state index contributed by atoms with van der Waals surface area (Å²) in [5, 5.41) is 2.91. The molecule has 26 heavy (non-hydrogen) atoms. The quantitative estimate of drug-likeness (QED) is 0.560. The van der Waals surface area contributed by atoms with Crippen molar-refractivity contribution in [2.24, 2.45) is 0 Å². The molecule has 0 saturated carbocycles. The SMILES string of the molecule is CCOc1ccc(OCC)c(NC(=O)CSc2nc3ccccc3s2)c1. The zero-order valence-corrected chi connectivity index (χ0v) is 16.3. The van der Waals surface area contributed by atoms with E-state index in [2.05, 4.69) is 10.3 Å². The molecule has 7 heteroatoms. The van der Waals surface area contributed by atoms with Crippen molar-refractivity contribution >= 4 is 44.9 Å². The Hall–Kier alpha value is -2.25. The van der Waals surface area contributed by atoms with Gasteiger partial charge in [-0.25, -0.2) is 4.98 Å². The first-order valence-electron chi connectivity index (χ1n) is 8.37. The first-order chi connectivity index (χ1) is 12.7. The maximum Gasteiger partial charge on any atom is 0.234 e. The summed E-state index contributed by atoms with van der Waals surface area (Å²) in [5.74, 6) is 1.51. The molecule has 0 aliphatic carbocycles. The van der Waals surface area contributed by atoms with Crippen LogP contribution in [0.2, 0.25) is 0 Å². The molecule has 136 valence electrons. The molecule has 0 spiro atoms. The highest BCUT2D eigenvalue weighted by atomic mass is 32.2.